The molecule has 0 radical (unpaired) electrons. The molecule has 0 heterocycles. The molecule has 0 aliphatic heterocycles. The predicted molar refractivity (Wildman–Crippen MR) is 64.0 cm³/mol. The van der Waals surface area contributed by atoms with Crippen molar-refractivity contribution in [3.05, 3.63) is 47.8 Å². The number of benzene rings is 1. The van der Waals surface area contributed by atoms with Crippen LogP contribution in [0.1, 0.15) is 24.2 Å². The predicted octanol–water partition coefficient (Wildman–Crippen LogP) is 3.04. The molecule has 0 saturated carbocycles. The van der Waals surface area contributed by atoms with Gasteiger partial charge in [-0.2, -0.15) is 13.2 Å². The molecular weight excluding hydrogens is 262 g/mol. The van der Waals surface area contributed by atoms with Gasteiger partial charge in [0, 0.05) is 12.6 Å². The van der Waals surface area contributed by atoms with Crippen molar-refractivity contribution in [2.24, 2.45) is 0 Å². The fourth-order valence-electron chi connectivity index (χ4n) is 1.62. The van der Waals surface area contributed by atoms with E-state index in [1.807, 2.05) is 0 Å². The Morgan fingerprint density at radius 3 is 2.53 bits per heavy atom. The molecule has 0 bridgehead atoms. The molecule has 106 valence electrons. The molecule has 0 aromatic heterocycles. The summed E-state index contributed by atoms with van der Waals surface area (Å²) < 4.78 is 50.8. The van der Waals surface area contributed by atoms with Crippen molar-refractivity contribution >= 4 is 0 Å². The molecule has 0 fully saturated rings. The van der Waals surface area contributed by atoms with Gasteiger partial charge in [0.05, 0.1) is 11.7 Å². The third kappa shape index (κ3) is 4.33. The number of halogens is 4. The van der Waals surface area contributed by atoms with Crippen molar-refractivity contribution in [1.29, 1.82) is 0 Å². The minimum Gasteiger partial charge on any atom is -0.387 e. The monoisotopic (exact) mass is 277 g/mol. The summed E-state index contributed by atoms with van der Waals surface area (Å²) in [5, 5.41) is 12.7. The first-order valence-electron chi connectivity index (χ1n) is 5.65. The molecule has 2 N–H and O–H groups in total. The first-order valence-corrected chi connectivity index (χ1v) is 5.65. The van der Waals surface area contributed by atoms with Crippen LogP contribution >= 0.6 is 0 Å². The van der Waals surface area contributed by atoms with E-state index in [-0.39, 0.29) is 5.56 Å². The summed E-state index contributed by atoms with van der Waals surface area (Å²) >= 11 is 0. The van der Waals surface area contributed by atoms with Crippen molar-refractivity contribution in [2.45, 2.75) is 25.2 Å². The van der Waals surface area contributed by atoms with Crippen molar-refractivity contribution in [3.8, 4) is 0 Å². The topological polar surface area (TPSA) is 32.3 Å². The van der Waals surface area contributed by atoms with Gasteiger partial charge in [-0.25, -0.2) is 4.39 Å². The maximum atomic E-state index is 13.2. The lowest BCUT2D eigenvalue weighted by molar-refractivity contribution is -0.137. The van der Waals surface area contributed by atoms with E-state index < -0.39 is 29.7 Å². The number of aliphatic hydroxyl groups is 1. The van der Waals surface area contributed by atoms with Crippen LogP contribution in [0.3, 0.4) is 0 Å². The van der Waals surface area contributed by atoms with Crippen LogP contribution in [0.4, 0.5) is 17.6 Å². The molecule has 1 rings (SSSR count). The van der Waals surface area contributed by atoms with E-state index >= 15 is 0 Å². The average Bonchev–Trinajstić information content (AvgIpc) is 2.33. The van der Waals surface area contributed by atoms with Crippen molar-refractivity contribution in [3.63, 3.8) is 0 Å². The van der Waals surface area contributed by atoms with Crippen molar-refractivity contribution < 1.29 is 22.7 Å². The Morgan fingerprint density at radius 2 is 2.00 bits per heavy atom. The summed E-state index contributed by atoms with van der Waals surface area (Å²) in [7, 11) is 0. The van der Waals surface area contributed by atoms with Gasteiger partial charge >= 0.3 is 6.18 Å². The van der Waals surface area contributed by atoms with Crippen LogP contribution in [-0.2, 0) is 6.18 Å². The second-order valence-electron chi connectivity index (χ2n) is 4.20. The van der Waals surface area contributed by atoms with Crippen molar-refractivity contribution in [2.75, 3.05) is 6.54 Å². The quantitative estimate of drug-likeness (QED) is 0.640. The largest absolute Gasteiger partial charge is 0.416 e. The van der Waals surface area contributed by atoms with Gasteiger partial charge in [0.2, 0.25) is 0 Å². The van der Waals surface area contributed by atoms with Gasteiger partial charge in [-0.3, -0.25) is 0 Å². The molecule has 6 heteroatoms. The van der Waals surface area contributed by atoms with Crippen LogP contribution < -0.4 is 5.32 Å². The van der Waals surface area contributed by atoms with E-state index in [0.717, 1.165) is 12.1 Å². The molecule has 2 nitrogen and oxygen atoms in total. The van der Waals surface area contributed by atoms with Gasteiger partial charge in [-0.1, -0.05) is 6.08 Å². The summed E-state index contributed by atoms with van der Waals surface area (Å²) in [5.74, 6) is -1.03. The van der Waals surface area contributed by atoms with E-state index in [0.29, 0.717) is 12.6 Å². The third-order valence-corrected chi connectivity index (χ3v) is 2.65. The van der Waals surface area contributed by atoms with Gasteiger partial charge in [-0.15, -0.1) is 6.58 Å². The Kier molecular flexibility index (Phi) is 5.08. The fraction of sp³-hybridized carbons (Fsp3) is 0.385. The Hall–Kier alpha value is -1.40. The molecule has 0 unspecified atom stereocenters. The molecule has 0 aliphatic carbocycles. The number of aliphatic hydroxyl groups excluding tert-OH is 1. The lowest BCUT2D eigenvalue weighted by Crippen LogP contribution is -2.32. The van der Waals surface area contributed by atoms with Crippen LogP contribution in [0, 0.1) is 5.82 Å². The minimum absolute atomic E-state index is 0.114. The third-order valence-electron chi connectivity index (χ3n) is 2.65. The molecule has 1 aromatic rings. The fourth-order valence-corrected chi connectivity index (χ4v) is 1.62. The standard InChI is InChI=1S/C13H15F4NO/c1-3-4-18-8(2)12(19)9-5-10(13(15,16)17)7-11(14)6-9/h3,5-8,12,18-19H,1,4H2,2H3/t8-,12-/m0/s1. The van der Waals surface area contributed by atoms with Crippen LogP contribution in [0.15, 0.2) is 30.9 Å². The highest BCUT2D eigenvalue weighted by molar-refractivity contribution is 5.29. The molecule has 2 atom stereocenters. The SMILES string of the molecule is C=CCN[C@@H](C)[C@H](O)c1cc(F)cc(C(F)(F)F)c1. The van der Waals surface area contributed by atoms with Gasteiger partial charge in [-0.05, 0) is 30.7 Å². The van der Waals surface area contributed by atoms with Crippen LogP contribution in [0.5, 0.6) is 0 Å². The first-order chi connectivity index (χ1) is 8.75. The van der Waals surface area contributed by atoms with E-state index in [1.54, 1.807) is 13.0 Å². The summed E-state index contributed by atoms with van der Waals surface area (Å²) in [6, 6.07) is 1.52. The zero-order chi connectivity index (χ0) is 14.6. The van der Waals surface area contributed by atoms with Crippen LogP contribution in [-0.4, -0.2) is 17.7 Å². The number of nitrogens with one attached hydrogen (secondary N) is 1. The highest BCUT2D eigenvalue weighted by atomic mass is 19.4. The van der Waals surface area contributed by atoms with Gasteiger partial charge < -0.3 is 10.4 Å². The normalized spacial score (nSPS) is 15.1. The molecule has 0 aliphatic rings. The Balaban J connectivity index is 3.00. The second-order valence-corrected chi connectivity index (χ2v) is 4.20. The Bertz CT molecular complexity index is 445. The maximum Gasteiger partial charge on any atom is 0.416 e. The summed E-state index contributed by atoms with van der Waals surface area (Å²) in [4.78, 5) is 0. The Labute approximate surface area is 108 Å². The van der Waals surface area contributed by atoms with Gasteiger partial charge in [0.25, 0.3) is 0 Å². The number of rotatable bonds is 5. The smallest absolute Gasteiger partial charge is 0.387 e. The molecule has 0 saturated heterocycles. The Morgan fingerprint density at radius 1 is 1.37 bits per heavy atom. The molecule has 19 heavy (non-hydrogen) atoms. The number of alkyl halides is 3. The molecule has 0 spiro atoms. The molecule has 1 aromatic carbocycles. The first kappa shape index (κ1) is 15.7. The highest BCUT2D eigenvalue weighted by Gasteiger charge is 2.32. The second kappa shape index (κ2) is 6.16. The van der Waals surface area contributed by atoms with Crippen LogP contribution in [0.2, 0.25) is 0 Å². The summed E-state index contributed by atoms with van der Waals surface area (Å²) in [6.07, 6.45) is -4.33. The van der Waals surface area contributed by atoms with E-state index in [1.165, 1.54) is 0 Å². The van der Waals surface area contributed by atoms with Gasteiger partial charge in [0.15, 0.2) is 0 Å². The molecule has 0 amide bonds. The molecular formula is C13H15F4NO. The number of hydrogen-bond acceptors (Lipinski definition) is 2. The summed E-state index contributed by atoms with van der Waals surface area (Å²) in [5.41, 5.74) is -1.23. The highest BCUT2D eigenvalue weighted by Crippen LogP contribution is 2.32. The number of hydrogen-bond donors (Lipinski definition) is 2. The van der Waals surface area contributed by atoms with Crippen molar-refractivity contribution in [1.82, 2.24) is 5.32 Å². The zero-order valence-corrected chi connectivity index (χ0v) is 10.3. The van der Waals surface area contributed by atoms with E-state index in [4.69, 9.17) is 0 Å². The lowest BCUT2D eigenvalue weighted by atomic mass is 10.0. The van der Waals surface area contributed by atoms with E-state index in [9.17, 15) is 22.7 Å². The minimum atomic E-state index is -4.64. The van der Waals surface area contributed by atoms with Crippen LogP contribution in [0.25, 0.3) is 0 Å². The van der Waals surface area contributed by atoms with Gasteiger partial charge in [0.1, 0.15) is 5.82 Å². The summed E-state index contributed by atoms with van der Waals surface area (Å²) in [6.45, 7) is 5.45. The van der Waals surface area contributed by atoms with E-state index in [2.05, 4.69) is 11.9 Å². The maximum absolute atomic E-state index is 13.2. The average molecular weight is 277 g/mol. The lowest BCUT2D eigenvalue weighted by Gasteiger charge is -2.21. The zero-order valence-electron chi connectivity index (χ0n) is 10.3.